The highest BCUT2D eigenvalue weighted by atomic mass is 19.1. The van der Waals surface area contributed by atoms with Gasteiger partial charge in [0.1, 0.15) is 5.56 Å². The summed E-state index contributed by atoms with van der Waals surface area (Å²) in [5, 5.41) is 19.7. The summed E-state index contributed by atoms with van der Waals surface area (Å²) in [7, 11) is 0. The highest BCUT2D eigenvalue weighted by molar-refractivity contribution is 5.99. The summed E-state index contributed by atoms with van der Waals surface area (Å²) in [6.45, 7) is 1.67. The average molecular weight is 271 g/mol. The lowest BCUT2D eigenvalue weighted by atomic mass is 10.1. The maximum absolute atomic E-state index is 13.2. The number of halogens is 1. The zero-order valence-corrected chi connectivity index (χ0v) is 10.3. The Bertz CT molecular complexity index is 507. The second-order valence-electron chi connectivity index (χ2n) is 3.76. The Kier molecular flexibility index (Phi) is 4.76. The van der Waals surface area contributed by atoms with Gasteiger partial charge in [-0.3, -0.25) is 14.9 Å². The summed E-state index contributed by atoms with van der Waals surface area (Å²) in [6.07, 6.45) is 0. The number of aliphatic hydroxyl groups is 1. The molecule has 0 saturated heterocycles. The largest absolute Gasteiger partial charge is 0.396 e. The van der Waals surface area contributed by atoms with Gasteiger partial charge < -0.3 is 15.7 Å². The van der Waals surface area contributed by atoms with Gasteiger partial charge in [-0.2, -0.15) is 0 Å². The molecule has 0 radical (unpaired) electrons. The lowest BCUT2D eigenvalue weighted by molar-refractivity contribution is -0.385. The second kappa shape index (κ2) is 6.10. The predicted octanol–water partition coefficient (Wildman–Crippen LogP) is 0.770. The third-order valence-electron chi connectivity index (χ3n) is 2.58. The summed E-state index contributed by atoms with van der Waals surface area (Å²) in [5.74, 6) is -1.62. The molecule has 8 heteroatoms. The molecule has 1 rings (SSSR count). The Labute approximate surface area is 108 Å². The van der Waals surface area contributed by atoms with E-state index in [0.29, 0.717) is 6.07 Å². The summed E-state index contributed by atoms with van der Waals surface area (Å²) in [5.41, 5.74) is 4.05. The van der Waals surface area contributed by atoms with Crippen LogP contribution in [0.25, 0.3) is 0 Å². The van der Waals surface area contributed by atoms with E-state index in [-0.39, 0.29) is 30.9 Å². The number of anilines is 1. The summed E-state index contributed by atoms with van der Waals surface area (Å²) >= 11 is 0. The fourth-order valence-electron chi connectivity index (χ4n) is 1.60. The van der Waals surface area contributed by atoms with Crippen molar-refractivity contribution < 1.29 is 19.2 Å². The molecule has 3 N–H and O–H groups in total. The van der Waals surface area contributed by atoms with Crippen molar-refractivity contribution in [1.82, 2.24) is 4.90 Å². The van der Waals surface area contributed by atoms with Crippen molar-refractivity contribution in [3.8, 4) is 0 Å². The smallest absolute Gasteiger partial charge is 0.285 e. The first kappa shape index (κ1) is 14.8. The van der Waals surface area contributed by atoms with Crippen LogP contribution in [0.2, 0.25) is 0 Å². The predicted molar refractivity (Wildman–Crippen MR) is 66.1 cm³/mol. The Morgan fingerprint density at radius 1 is 1.58 bits per heavy atom. The molecule has 0 atom stereocenters. The molecule has 0 aliphatic carbocycles. The van der Waals surface area contributed by atoms with Crippen LogP contribution in [0.1, 0.15) is 17.3 Å². The van der Waals surface area contributed by atoms with E-state index < -0.39 is 22.3 Å². The number of benzene rings is 1. The molecule has 0 aliphatic heterocycles. The van der Waals surface area contributed by atoms with Crippen LogP contribution in [-0.4, -0.2) is 40.5 Å². The highest BCUT2D eigenvalue weighted by Crippen LogP contribution is 2.25. The Hall–Kier alpha value is -2.22. The molecular formula is C11H14FN3O4. The van der Waals surface area contributed by atoms with Crippen molar-refractivity contribution in [3.05, 3.63) is 33.6 Å². The van der Waals surface area contributed by atoms with Crippen LogP contribution in [0.4, 0.5) is 15.8 Å². The normalized spacial score (nSPS) is 10.3. The number of nitro groups is 1. The lowest BCUT2D eigenvalue weighted by Crippen LogP contribution is -2.33. The second-order valence-corrected chi connectivity index (χ2v) is 3.76. The van der Waals surface area contributed by atoms with E-state index in [1.54, 1.807) is 6.92 Å². The Balaban J connectivity index is 3.28. The molecule has 0 bridgehead atoms. The molecule has 0 aromatic heterocycles. The van der Waals surface area contributed by atoms with Crippen LogP contribution < -0.4 is 5.73 Å². The van der Waals surface area contributed by atoms with Gasteiger partial charge >= 0.3 is 0 Å². The van der Waals surface area contributed by atoms with Gasteiger partial charge in [0.25, 0.3) is 11.6 Å². The number of nitrogens with zero attached hydrogens (tertiary/aromatic N) is 2. The van der Waals surface area contributed by atoms with Gasteiger partial charge in [-0.05, 0) is 13.0 Å². The quantitative estimate of drug-likeness (QED) is 0.467. The van der Waals surface area contributed by atoms with Crippen LogP contribution in [0.15, 0.2) is 12.1 Å². The molecular weight excluding hydrogens is 257 g/mol. The average Bonchev–Trinajstić information content (AvgIpc) is 2.37. The van der Waals surface area contributed by atoms with Gasteiger partial charge in [0, 0.05) is 13.1 Å². The van der Waals surface area contributed by atoms with Gasteiger partial charge in [0.05, 0.1) is 23.3 Å². The van der Waals surface area contributed by atoms with E-state index in [4.69, 9.17) is 10.8 Å². The third-order valence-corrected chi connectivity index (χ3v) is 2.58. The van der Waals surface area contributed by atoms with Crippen LogP contribution >= 0.6 is 0 Å². The molecule has 0 aliphatic rings. The Morgan fingerprint density at radius 3 is 2.68 bits per heavy atom. The molecule has 1 aromatic carbocycles. The zero-order valence-electron chi connectivity index (χ0n) is 10.3. The summed E-state index contributed by atoms with van der Waals surface area (Å²) < 4.78 is 13.2. The number of carbonyl (C=O) groups excluding carboxylic acids is 1. The number of nitrogen functional groups attached to an aromatic ring is 1. The zero-order chi connectivity index (χ0) is 14.6. The molecule has 0 spiro atoms. The molecule has 0 fully saturated rings. The lowest BCUT2D eigenvalue weighted by Gasteiger charge is -2.19. The highest BCUT2D eigenvalue weighted by Gasteiger charge is 2.25. The SMILES string of the molecule is CCN(CCO)C(=O)c1cc(N)c(F)cc1[N+](=O)[O-]. The standard InChI is InChI=1S/C11H14FN3O4/c1-2-14(3-4-16)11(17)7-5-9(13)8(12)6-10(7)15(18)19/h5-6,16H,2-4,13H2,1H3. The molecule has 104 valence electrons. The van der Waals surface area contributed by atoms with Crippen LogP contribution in [0.3, 0.4) is 0 Å². The first-order valence-corrected chi connectivity index (χ1v) is 5.55. The maximum atomic E-state index is 13.2. The number of rotatable bonds is 5. The number of carbonyl (C=O) groups is 1. The van der Waals surface area contributed by atoms with E-state index in [0.717, 1.165) is 6.07 Å². The van der Waals surface area contributed by atoms with E-state index in [1.807, 2.05) is 0 Å². The van der Waals surface area contributed by atoms with Gasteiger partial charge in [-0.25, -0.2) is 4.39 Å². The summed E-state index contributed by atoms with van der Waals surface area (Å²) in [6, 6.07) is 1.56. The molecule has 0 saturated carbocycles. The molecule has 7 nitrogen and oxygen atoms in total. The third kappa shape index (κ3) is 3.16. The van der Waals surface area contributed by atoms with Crippen molar-refractivity contribution in [2.75, 3.05) is 25.4 Å². The first-order chi connectivity index (χ1) is 8.92. The van der Waals surface area contributed by atoms with Gasteiger partial charge in [0.15, 0.2) is 5.82 Å². The summed E-state index contributed by atoms with van der Waals surface area (Å²) in [4.78, 5) is 23.3. The van der Waals surface area contributed by atoms with Crippen molar-refractivity contribution in [2.24, 2.45) is 0 Å². The first-order valence-electron chi connectivity index (χ1n) is 5.55. The monoisotopic (exact) mass is 271 g/mol. The molecule has 1 aromatic rings. The van der Waals surface area contributed by atoms with Gasteiger partial charge in [0.2, 0.25) is 0 Å². The number of aliphatic hydroxyl groups excluding tert-OH is 1. The molecule has 1 amide bonds. The van der Waals surface area contributed by atoms with Crippen molar-refractivity contribution in [3.63, 3.8) is 0 Å². The number of nitrogens with two attached hydrogens (primary N) is 1. The molecule has 0 heterocycles. The van der Waals surface area contributed by atoms with Gasteiger partial charge in [-0.1, -0.05) is 0 Å². The van der Waals surface area contributed by atoms with Crippen molar-refractivity contribution in [2.45, 2.75) is 6.92 Å². The number of nitro benzene ring substituents is 1. The Morgan fingerprint density at radius 2 is 2.21 bits per heavy atom. The number of likely N-dealkylation sites (N-methyl/N-ethyl adjacent to an activating group) is 1. The molecule has 0 unspecified atom stereocenters. The fourth-order valence-corrected chi connectivity index (χ4v) is 1.60. The minimum atomic E-state index is -0.951. The van der Waals surface area contributed by atoms with Crippen LogP contribution in [0.5, 0.6) is 0 Å². The van der Waals surface area contributed by atoms with E-state index in [2.05, 4.69) is 0 Å². The van der Waals surface area contributed by atoms with Crippen LogP contribution in [-0.2, 0) is 0 Å². The minimum absolute atomic E-state index is 0.0315. The van der Waals surface area contributed by atoms with Crippen molar-refractivity contribution in [1.29, 1.82) is 0 Å². The van der Waals surface area contributed by atoms with Crippen molar-refractivity contribution >= 4 is 17.3 Å². The van der Waals surface area contributed by atoms with Crippen LogP contribution in [0, 0.1) is 15.9 Å². The fraction of sp³-hybridized carbons (Fsp3) is 0.364. The minimum Gasteiger partial charge on any atom is -0.396 e. The van der Waals surface area contributed by atoms with E-state index in [1.165, 1.54) is 4.90 Å². The topological polar surface area (TPSA) is 110 Å². The number of hydrogen-bond donors (Lipinski definition) is 2. The van der Waals surface area contributed by atoms with Gasteiger partial charge in [-0.15, -0.1) is 0 Å². The molecule has 19 heavy (non-hydrogen) atoms. The number of amides is 1. The number of hydrogen-bond acceptors (Lipinski definition) is 5. The van der Waals surface area contributed by atoms with E-state index in [9.17, 15) is 19.3 Å². The maximum Gasteiger partial charge on any atom is 0.285 e. The van der Waals surface area contributed by atoms with E-state index >= 15 is 0 Å².